The number of nitrogens with zero attached hydrogens (tertiary/aromatic N) is 2. The van der Waals surface area contributed by atoms with Crippen LogP contribution in [0.1, 0.15) is 0 Å². The number of fused-ring (bicyclic) bond motifs is 1. The molecule has 0 atom stereocenters. The smallest absolute Gasteiger partial charge is 0.0948 e. The zero-order valence-electron chi connectivity index (χ0n) is 6.16. The van der Waals surface area contributed by atoms with E-state index >= 15 is 0 Å². The first-order chi connectivity index (χ1) is 5.77. The lowest BCUT2D eigenvalue weighted by molar-refractivity contribution is 0.306. The van der Waals surface area contributed by atoms with Gasteiger partial charge in [0.2, 0.25) is 0 Å². The van der Waals surface area contributed by atoms with E-state index in [1.165, 1.54) is 5.12 Å². The van der Waals surface area contributed by atoms with Crippen molar-refractivity contribution in [2.45, 2.75) is 0 Å². The maximum Gasteiger partial charge on any atom is 0.0948 e. The zero-order valence-corrected chi connectivity index (χ0v) is 8.32. The van der Waals surface area contributed by atoms with Gasteiger partial charge >= 0.3 is 0 Å². The van der Waals surface area contributed by atoms with Crippen LogP contribution in [-0.4, -0.2) is 5.12 Å². The molecule has 12 heavy (non-hydrogen) atoms. The minimum atomic E-state index is 0.920. The highest BCUT2D eigenvalue weighted by atomic mass is 127. The third-order valence-corrected chi connectivity index (χ3v) is 2.52. The molecule has 62 valence electrons. The first-order valence-corrected chi connectivity index (χ1v) is 4.49. The molecule has 1 aromatic carbocycles. The van der Waals surface area contributed by atoms with Crippen molar-refractivity contribution in [1.82, 2.24) is 10.7 Å². The third-order valence-electron chi connectivity index (χ3n) is 1.58. The molecule has 0 aliphatic carbocycles. The molecule has 2 rings (SSSR count). The second-order valence-electron chi connectivity index (χ2n) is 2.42. The second-order valence-corrected chi connectivity index (χ2v) is 3.58. The lowest BCUT2D eigenvalue weighted by atomic mass is 10.3. The summed E-state index contributed by atoms with van der Waals surface area (Å²) in [5.41, 5.74) is 2.64. The highest BCUT2D eigenvalue weighted by Gasteiger charge is 1.99. The predicted octanol–water partition coefficient (Wildman–Crippen LogP) is -0.742. The molecule has 5 heteroatoms. The van der Waals surface area contributed by atoms with Gasteiger partial charge in [-0.1, -0.05) is 6.07 Å². The highest BCUT2D eigenvalue weighted by molar-refractivity contribution is 14.1. The van der Waals surface area contributed by atoms with Crippen LogP contribution < -0.4 is 22.0 Å². The number of hydrogen-bond donors (Lipinski definition) is 2. The van der Waals surface area contributed by atoms with Crippen molar-refractivity contribution in [2.24, 2.45) is 10.9 Å². The molecule has 1 aliphatic heterocycles. The Labute approximate surface area is 82.8 Å². The summed E-state index contributed by atoms with van der Waals surface area (Å²) in [4.78, 5) is 0. The molecule has 1 heterocycles. The van der Waals surface area contributed by atoms with Crippen molar-refractivity contribution in [1.29, 1.82) is 0 Å². The van der Waals surface area contributed by atoms with Gasteiger partial charge < -0.3 is 0 Å². The van der Waals surface area contributed by atoms with Gasteiger partial charge in [-0.3, -0.25) is 0 Å². The summed E-state index contributed by atoms with van der Waals surface area (Å²) >= 11 is 2.25. The zero-order chi connectivity index (χ0) is 8.55. The predicted molar refractivity (Wildman–Crippen MR) is 53.6 cm³/mol. The number of nitrogens with one attached hydrogen (secondary N) is 1. The van der Waals surface area contributed by atoms with E-state index < -0.39 is 0 Å². The van der Waals surface area contributed by atoms with Gasteiger partial charge in [0, 0.05) is 8.79 Å². The molecule has 0 saturated carbocycles. The minimum Gasteiger partial charge on any atom is -0.227 e. The molecule has 0 aromatic heterocycles. The van der Waals surface area contributed by atoms with Gasteiger partial charge in [-0.25, -0.2) is 16.5 Å². The fraction of sp³-hybridized carbons (Fsp3) is 0. The maximum atomic E-state index is 5.49. The summed E-state index contributed by atoms with van der Waals surface area (Å²) in [5.74, 6) is 5.49. The topological polar surface area (TPSA) is 53.6 Å². The van der Waals surface area contributed by atoms with Crippen molar-refractivity contribution < 1.29 is 0 Å². The van der Waals surface area contributed by atoms with Crippen molar-refractivity contribution in [3.8, 4) is 0 Å². The Morgan fingerprint density at radius 2 is 2.33 bits per heavy atom. The molecule has 0 fully saturated rings. The summed E-state index contributed by atoms with van der Waals surface area (Å²) < 4.78 is 1.14. The summed E-state index contributed by atoms with van der Waals surface area (Å²) in [6.45, 7) is 0. The van der Waals surface area contributed by atoms with Gasteiger partial charge in [-0.15, -0.1) is 0 Å². The molecule has 1 aliphatic rings. The SMILES string of the molecule is NN1C=c2c(I)cccc2=NN1. The molecule has 3 N–H and O–H groups in total. The van der Waals surface area contributed by atoms with Crippen LogP contribution in [0.25, 0.3) is 6.20 Å². The Balaban J connectivity index is 2.80. The lowest BCUT2D eigenvalue weighted by Crippen LogP contribution is -2.46. The molecule has 1 aromatic rings. The Morgan fingerprint density at radius 1 is 1.50 bits per heavy atom. The molecule has 0 spiro atoms. The van der Waals surface area contributed by atoms with Gasteiger partial charge in [0.05, 0.1) is 11.6 Å². The van der Waals surface area contributed by atoms with Crippen LogP contribution in [0.5, 0.6) is 0 Å². The first-order valence-electron chi connectivity index (χ1n) is 3.41. The van der Waals surface area contributed by atoms with E-state index in [-0.39, 0.29) is 0 Å². The summed E-state index contributed by atoms with van der Waals surface area (Å²) in [6, 6.07) is 5.92. The van der Waals surface area contributed by atoms with Gasteiger partial charge in [-0.05, 0) is 34.7 Å². The minimum absolute atomic E-state index is 0.920. The second kappa shape index (κ2) is 2.91. The summed E-state index contributed by atoms with van der Waals surface area (Å²) in [6.07, 6.45) is 1.81. The van der Waals surface area contributed by atoms with Gasteiger partial charge in [-0.2, -0.15) is 5.10 Å². The van der Waals surface area contributed by atoms with Crippen LogP contribution in [0.4, 0.5) is 0 Å². The molecule has 0 saturated heterocycles. The van der Waals surface area contributed by atoms with Crippen LogP contribution in [-0.2, 0) is 0 Å². The summed E-state index contributed by atoms with van der Waals surface area (Å²) in [5, 5.41) is 7.36. The van der Waals surface area contributed by atoms with Crippen molar-refractivity contribution >= 4 is 28.8 Å². The molecule has 0 radical (unpaired) electrons. The van der Waals surface area contributed by atoms with Crippen molar-refractivity contribution in [2.75, 3.05) is 0 Å². The monoisotopic (exact) mass is 274 g/mol. The van der Waals surface area contributed by atoms with Gasteiger partial charge in [0.15, 0.2) is 0 Å². The Kier molecular flexibility index (Phi) is 1.89. The van der Waals surface area contributed by atoms with E-state index in [0.717, 1.165) is 14.1 Å². The Bertz CT molecular complexity index is 414. The summed E-state index contributed by atoms with van der Waals surface area (Å²) in [7, 11) is 0. The van der Waals surface area contributed by atoms with E-state index in [2.05, 4.69) is 33.2 Å². The van der Waals surface area contributed by atoms with Crippen LogP contribution in [0, 0.1) is 3.57 Å². The van der Waals surface area contributed by atoms with E-state index in [1.54, 1.807) is 0 Å². The lowest BCUT2D eigenvalue weighted by Gasteiger charge is -2.15. The largest absolute Gasteiger partial charge is 0.227 e. The number of rotatable bonds is 0. The van der Waals surface area contributed by atoms with Gasteiger partial charge in [0.1, 0.15) is 0 Å². The molecule has 0 amide bonds. The molecular weight excluding hydrogens is 267 g/mol. The fourth-order valence-corrected chi connectivity index (χ4v) is 1.65. The normalized spacial score (nSPS) is 14.0. The third kappa shape index (κ3) is 1.25. The van der Waals surface area contributed by atoms with Crippen molar-refractivity contribution in [3.05, 3.63) is 32.3 Å². The first kappa shape index (κ1) is 7.81. The van der Waals surface area contributed by atoms with Crippen LogP contribution in [0.15, 0.2) is 23.3 Å². The molecule has 0 unspecified atom stereocenters. The van der Waals surface area contributed by atoms with E-state index in [9.17, 15) is 0 Å². The highest BCUT2D eigenvalue weighted by Crippen LogP contribution is 1.94. The Hall–Kier alpha value is -0.820. The standard InChI is InChI=1S/C7H7IN4/c8-6-2-1-3-7-5(6)4-12(9)11-10-7/h1-4,11H,9H2. The number of nitrogens with two attached hydrogens (primary N) is 1. The number of halogens is 1. The fourth-order valence-electron chi connectivity index (χ4n) is 1.03. The van der Waals surface area contributed by atoms with Crippen LogP contribution >= 0.6 is 22.6 Å². The van der Waals surface area contributed by atoms with Gasteiger partial charge in [0.25, 0.3) is 0 Å². The molecular formula is C7H7IN4. The molecule has 4 nitrogen and oxygen atoms in total. The van der Waals surface area contributed by atoms with Crippen LogP contribution in [0.3, 0.4) is 0 Å². The Morgan fingerprint density at radius 3 is 3.17 bits per heavy atom. The van der Waals surface area contributed by atoms with E-state index in [0.29, 0.717) is 0 Å². The van der Waals surface area contributed by atoms with E-state index in [1.807, 2.05) is 24.4 Å². The van der Waals surface area contributed by atoms with Crippen LogP contribution in [0.2, 0.25) is 0 Å². The number of hydrogen-bond acceptors (Lipinski definition) is 4. The number of benzene rings is 1. The number of hydrazine groups is 2. The maximum absolute atomic E-state index is 5.49. The van der Waals surface area contributed by atoms with E-state index in [4.69, 9.17) is 5.84 Å². The van der Waals surface area contributed by atoms with Crippen molar-refractivity contribution in [3.63, 3.8) is 0 Å². The quantitative estimate of drug-likeness (QED) is 0.484. The average molecular weight is 274 g/mol. The average Bonchev–Trinajstić information content (AvgIpc) is 2.07. The molecule has 0 bridgehead atoms.